The molecule has 0 fully saturated rings. The Hall–Kier alpha value is -2.63. The summed E-state index contributed by atoms with van der Waals surface area (Å²) in [5.74, 6) is -1.10. The van der Waals surface area contributed by atoms with Crippen LogP contribution in [-0.2, 0) is 7.05 Å². The van der Waals surface area contributed by atoms with Gasteiger partial charge in [0.25, 0.3) is 5.91 Å². The van der Waals surface area contributed by atoms with E-state index in [0.717, 1.165) is 12.0 Å². The molecule has 1 amide bonds. The lowest BCUT2D eigenvalue weighted by atomic mass is 9.95. The number of benzene rings is 1. The summed E-state index contributed by atoms with van der Waals surface area (Å²) in [5.41, 5.74) is 2.23. The maximum Gasteiger partial charge on any atom is 0.339 e. The second kappa shape index (κ2) is 7.96. The minimum atomic E-state index is -1.16. The van der Waals surface area contributed by atoms with Crippen molar-refractivity contribution in [3.05, 3.63) is 52.8 Å². The molecule has 2 rings (SSSR count). The summed E-state index contributed by atoms with van der Waals surface area (Å²) in [6, 6.07) is 8.04. The third-order valence-corrected chi connectivity index (χ3v) is 4.62. The van der Waals surface area contributed by atoms with Crippen LogP contribution in [0.5, 0.6) is 0 Å². The predicted molar refractivity (Wildman–Crippen MR) is 95.8 cm³/mol. The molecule has 1 aromatic carbocycles. The molecule has 6 nitrogen and oxygen atoms in total. The number of nitrogens with one attached hydrogen (secondary N) is 1. The van der Waals surface area contributed by atoms with Crippen molar-refractivity contribution in [3.63, 3.8) is 0 Å². The van der Waals surface area contributed by atoms with E-state index in [2.05, 4.69) is 36.4 Å². The Morgan fingerprint density at radius 2 is 1.76 bits per heavy atom. The van der Waals surface area contributed by atoms with Gasteiger partial charge in [0.05, 0.1) is 12.2 Å². The lowest BCUT2D eigenvalue weighted by molar-refractivity contribution is 0.0690. The van der Waals surface area contributed by atoms with Crippen molar-refractivity contribution in [1.29, 1.82) is 0 Å². The number of nitrogens with zero attached hydrogens (tertiary/aromatic N) is 2. The average Bonchev–Trinajstić information content (AvgIpc) is 3.01. The van der Waals surface area contributed by atoms with E-state index in [1.54, 1.807) is 7.05 Å². The first-order chi connectivity index (χ1) is 11.9. The van der Waals surface area contributed by atoms with Crippen LogP contribution >= 0.6 is 0 Å². The first-order valence-electron chi connectivity index (χ1n) is 8.55. The maximum absolute atomic E-state index is 12.6. The molecule has 0 spiro atoms. The minimum Gasteiger partial charge on any atom is -0.478 e. The molecule has 0 aliphatic heterocycles. The standard InChI is InChI=1S/C19H25N3O3/c1-5-12(3)13-7-9-14(10-8-13)16(6-2)21-18(23)17-15(19(24)25)11-20-22(17)4/h7-12,16H,5-6H2,1-4H3,(H,21,23)(H,24,25). The van der Waals surface area contributed by atoms with Gasteiger partial charge in [-0.25, -0.2) is 4.79 Å². The average molecular weight is 343 g/mol. The minimum absolute atomic E-state index is 0.0576. The molecule has 0 aliphatic rings. The zero-order valence-corrected chi connectivity index (χ0v) is 15.1. The monoisotopic (exact) mass is 343 g/mol. The summed E-state index contributed by atoms with van der Waals surface area (Å²) in [6.07, 6.45) is 2.97. The second-order valence-electron chi connectivity index (χ2n) is 6.25. The van der Waals surface area contributed by atoms with Crippen LogP contribution < -0.4 is 5.32 Å². The van der Waals surface area contributed by atoms with Crippen LogP contribution in [0, 0.1) is 0 Å². The molecule has 25 heavy (non-hydrogen) atoms. The highest BCUT2D eigenvalue weighted by Crippen LogP contribution is 2.23. The highest BCUT2D eigenvalue weighted by Gasteiger charge is 2.23. The number of carboxylic acids is 1. The van der Waals surface area contributed by atoms with Crippen LogP contribution in [0.2, 0.25) is 0 Å². The van der Waals surface area contributed by atoms with Gasteiger partial charge in [-0.15, -0.1) is 0 Å². The Bertz CT molecular complexity index is 750. The van der Waals surface area contributed by atoms with Crippen LogP contribution in [0.25, 0.3) is 0 Å². The molecular weight excluding hydrogens is 318 g/mol. The van der Waals surface area contributed by atoms with Gasteiger partial charge < -0.3 is 10.4 Å². The van der Waals surface area contributed by atoms with Crippen molar-refractivity contribution in [3.8, 4) is 0 Å². The van der Waals surface area contributed by atoms with E-state index in [0.29, 0.717) is 12.3 Å². The normalized spacial score (nSPS) is 13.3. The number of rotatable bonds is 7. The number of carbonyl (C=O) groups excluding carboxylic acids is 1. The van der Waals surface area contributed by atoms with Gasteiger partial charge in [0.1, 0.15) is 11.3 Å². The highest BCUT2D eigenvalue weighted by atomic mass is 16.4. The van der Waals surface area contributed by atoms with Crippen molar-refractivity contribution in [1.82, 2.24) is 15.1 Å². The number of aromatic carboxylic acids is 1. The molecule has 0 saturated carbocycles. The molecule has 0 radical (unpaired) electrons. The molecular formula is C19H25N3O3. The Morgan fingerprint density at radius 3 is 2.28 bits per heavy atom. The molecule has 0 aliphatic carbocycles. The summed E-state index contributed by atoms with van der Waals surface area (Å²) >= 11 is 0. The van der Waals surface area contributed by atoms with Gasteiger partial charge in [-0.1, -0.05) is 45.0 Å². The fourth-order valence-corrected chi connectivity index (χ4v) is 2.80. The summed E-state index contributed by atoms with van der Waals surface area (Å²) in [6.45, 7) is 6.32. The van der Waals surface area contributed by atoms with E-state index < -0.39 is 11.9 Å². The largest absolute Gasteiger partial charge is 0.478 e. The van der Waals surface area contributed by atoms with Gasteiger partial charge in [-0.3, -0.25) is 9.48 Å². The van der Waals surface area contributed by atoms with Crippen molar-refractivity contribution >= 4 is 11.9 Å². The first-order valence-corrected chi connectivity index (χ1v) is 8.55. The van der Waals surface area contributed by atoms with Gasteiger partial charge in [0.15, 0.2) is 0 Å². The molecule has 2 unspecified atom stereocenters. The number of amides is 1. The van der Waals surface area contributed by atoms with Crippen LogP contribution in [0.1, 0.15) is 77.5 Å². The lowest BCUT2D eigenvalue weighted by Gasteiger charge is -2.19. The number of carbonyl (C=O) groups is 2. The van der Waals surface area contributed by atoms with Gasteiger partial charge in [-0.2, -0.15) is 5.10 Å². The van der Waals surface area contributed by atoms with Gasteiger partial charge in [-0.05, 0) is 29.9 Å². The number of aryl methyl sites for hydroxylation is 1. The van der Waals surface area contributed by atoms with E-state index in [1.165, 1.54) is 16.4 Å². The van der Waals surface area contributed by atoms with Crippen molar-refractivity contribution in [2.24, 2.45) is 7.05 Å². The zero-order valence-electron chi connectivity index (χ0n) is 15.1. The number of aromatic nitrogens is 2. The molecule has 6 heteroatoms. The lowest BCUT2D eigenvalue weighted by Crippen LogP contribution is -2.31. The SMILES string of the molecule is CCC(C)c1ccc(C(CC)NC(=O)c2c(C(=O)O)cnn2C)cc1. The molecule has 1 heterocycles. The van der Waals surface area contributed by atoms with Crippen LogP contribution in [-0.4, -0.2) is 26.8 Å². The van der Waals surface area contributed by atoms with Gasteiger partial charge >= 0.3 is 5.97 Å². The van der Waals surface area contributed by atoms with Gasteiger partial charge in [0, 0.05) is 7.05 Å². The molecule has 1 aromatic heterocycles. The third-order valence-electron chi connectivity index (χ3n) is 4.62. The quantitative estimate of drug-likeness (QED) is 0.806. The van der Waals surface area contributed by atoms with Crippen LogP contribution in [0.15, 0.2) is 30.5 Å². The van der Waals surface area contributed by atoms with Crippen LogP contribution in [0.3, 0.4) is 0 Å². The maximum atomic E-state index is 12.6. The number of carboxylic acid groups (broad SMARTS) is 1. The second-order valence-corrected chi connectivity index (χ2v) is 6.25. The Balaban J connectivity index is 2.21. The summed E-state index contributed by atoms with van der Waals surface area (Å²) in [5, 5.41) is 16.0. The van der Waals surface area contributed by atoms with E-state index in [9.17, 15) is 14.7 Å². The predicted octanol–water partition coefficient (Wildman–Crippen LogP) is 3.51. The highest BCUT2D eigenvalue weighted by molar-refractivity contribution is 6.03. The Kier molecular flexibility index (Phi) is 5.96. The summed E-state index contributed by atoms with van der Waals surface area (Å²) < 4.78 is 1.29. The Labute approximate surface area is 147 Å². The fraction of sp³-hybridized carbons (Fsp3) is 0.421. The van der Waals surface area contributed by atoms with Crippen molar-refractivity contribution in [2.75, 3.05) is 0 Å². The van der Waals surface area contributed by atoms with E-state index >= 15 is 0 Å². The molecule has 2 aromatic rings. The molecule has 0 saturated heterocycles. The van der Waals surface area contributed by atoms with Gasteiger partial charge in [0.2, 0.25) is 0 Å². The first kappa shape index (κ1) is 18.7. The van der Waals surface area contributed by atoms with E-state index in [4.69, 9.17) is 0 Å². The summed E-state index contributed by atoms with van der Waals surface area (Å²) in [7, 11) is 1.56. The third kappa shape index (κ3) is 4.07. The molecule has 2 atom stereocenters. The van der Waals surface area contributed by atoms with E-state index in [-0.39, 0.29) is 17.3 Å². The Morgan fingerprint density at radius 1 is 1.16 bits per heavy atom. The van der Waals surface area contributed by atoms with E-state index in [1.807, 2.05) is 19.1 Å². The molecule has 2 N–H and O–H groups in total. The van der Waals surface area contributed by atoms with Crippen molar-refractivity contribution < 1.29 is 14.7 Å². The van der Waals surface area contributed by atoms with Crippen molar-refractivity contribution in [2.45, 2.75) is 45.6 Å². The molecule has 134 valence electrons. The summed E-state index contributed by atoms with van der Waals surface area (Å²) in [4.78, 5) is 23.8. The fourth-order valence-electron chi connectivity index (χ4n) is 2.80. The smallest absolute Gasteiger partial charge is 0.339 e. The number of hydrogen-bond acceptors (Lipinski definition) is 3. The van der Waals surface area contributed by atoms with Crippen LogP contribution in [0.4, 0.5) is 0 Å². The topological polar surface area (TPSA) is 84.2 Å². The zero-order chi connectivity index (χ0) is 18.6. The number of hydrogen-bond donors (Lipinski definition) is 2. The molecule has 0 bridgehead atoms.